The Labute approximate surface area is 300 Å². The van der Waals surface area contributed by atoms with E-state index in [1.54, 1.807) is 0 Å². The van der Waals surface area contributed by atoms with Gasteiger partial charge in [0.25, 0.3) is 0 Å². The molecule has 3 N–H and O–H groups in total. The summed E-state index contributed by atoms with van der Waals surface area (Å²) < 4.78 is 32.5. The molecule has 9 nitrogen and oxygen atoms in total. The van der Waals surface area contributed by atoms with Crippen LogP contribution < -0.4 is 5.73 Å². The summed E-state index contributed by atoms with van der Waals surface area (Å²) in [5.41, 5.74) is 5.31. The first-order valence-corrected chi connectivity index (χ1v) is 21.7. The fourth-order valence-corrected chi connectivity index (χ4v) is 6.39. The number of phosphoric ester groups is 1. The van der Waals surface area contributed by atoms with Crippen molar-refractivity contribution in [2.45, 2.75) is 200 Å². The summed E-state index contributed by atoms with van der Waals surface area (Å²) >= 11 is 0. The van der Waals surface area contributed by atoms with Crippen LogP contribution in [-0.2, 0) is 32.7 Å². The molecule has 0 aliphatic heterocycles. The number of allylic oxidation sites excluding steroid dienone is 2. The Morgan fingerprint density at radius 2 is 1.00 bits per heavy atom. The highest BCUT2D eigenvalue weighted by atomic mass is 31.2. The highest BCUT2D eigenvalue weighted by Crippen LogP contribution is 2.43. The summed E-state index contributed by atoms with van der Waals surface area (Å²) in [6.07, 6.45) is 35.8. The van der Waals surface area contributed by atoms with Crippen molar-refractivity contribution in [3.05, 3.63) is 12.2 Å². The van der Waals surface area contributed by atoms with Gasteiger partial charge < -0.3 is 20.1 Å². The van der Waals surface area contributed by atoms with Crippen molar-refractivity contribution in [3.8, 4) is 0 Å². The van der Waals surface area contributed by atoms with E-state index in [2.05, 4.69) is 26.0 Å². The van der Waals surface area contributed by atoms with E-state index in [0.717, 1.165) is 51.4 Å². The molecule has 0 heterocycles. The number of rotatable bonds is 38. The van der Waals surface area contributed by atoms with Crippen molar-refractivity contribution in [1.29, 1.82) is 0 Å². The topological polar surface area (TPSA) is 134 Å². The molecule has 2 unspecified atom stereocenters. The third-order valence-corrected chi connectivity index (χ3v) is 9.64. The van der Waals surface area contributed by atoms with Gasteiger partial charge in [-0.15, -0.1) is 0 Å². The van der Waals surface area contributed by atoms with E-state index in [1.807, 2.05) is 0 Å². The smallest absolute Gasteiger partial charge is 0.462 e. The monoisotopic (exact) mass is 718 g/mol. The van der Waals surface area contributed by atoms with Crippen molar-refractivity contribution >= 4 is 19.8 Å². The third-order valence-electron chi connectivity index (χ3n) is 8.65. The maximum atomic E-state index is 12.5. The van der Waals surface area contributed by atoms with Crippen molar-refractivity contribution in [2.24, 2.45) is 5.73 Å². The molecule has 0 radical (unpaired) electrons. The number of hydrogen-bond acceptors (Lipinski definition) is 8. The van der Waals surface area contributed by atoms with Crippen molar-refractivity contribution < 1.29 is 37.6 Å². The van der Waals surface area contributed by atoms with Crippen LogP contribution in [0.3, 0.4) is 0 Å². The van der Waals surface area contributed by atoms with Gasteiger partial charge in [0.15, 0.2) is 6.10 Å². The van der Waals surface area contributed by atoms with Crippen LogP contribution in [0.1, 0.15) is 194 Å². The second-order valence-electron chi connectivity index (χ2n) is 13.5. The average molecular weight is 718 g/mol. The van der Waals surface area contributed by atoms with Crippen LogP contribution in [0.2, 0.25) is 0 Å². The van der Waals surface area contributed by atoms with Crippen molar-refractivity contribution in [1.82, 2.24) is 0 Å². The zero-order valence-electron chi connectivity index (χ0n) is 31.7. The first-order valence-electron chi connectivity index (χ1n) is 20.2. The normalized spacial score (nSPS) is 13.5. The molecule has 0 saturated heterocycles. The van der Waals surface area contributed by atoms with Crippen LogP contribution in [0.25, 0.3) is 0 Å². The number of hydrogen-bond donors (Lipinski definition) is 2. The molecule has 0 spiro atoms. The van der Waals surface area contributed by atoms with Gasteiger partial charge in [0.2, 0.25) is 0 Å². The van der Waals surface area contributed by atoms with E-state index in [4.69, 9.17) is 24.3 Å². The fourth-order valence-electron chi connectivity index (χ4n) is 5.63. The van der Waals surface area contributed by atoms with Crippen LogP contribution in [0.4, 0.5) is 0 Å². The molecule has 10 heteroatoms. The molecule has 0 aliphatic carbocycles. The number of carbonyl (C=O) groups excluding carboxylic acids is 2. The van der Waals surface area contributed by atoms with Gasteiger partial charge in [-0.1, -0.05) is 154 Å². The molecule has 2 atom stereocenters. The fraction of sp³-hybridized carbons (Fsp3) is 0.897. The number of ether oxygens (including phenoxy) is 2. The Bertz CT molecular complexity index is 825. The lowest BCUT2D eigenvalue weighted by Crippen LogP contribution is -2.29. The molecule has 0 aromatic rings. The van der Waals surface area contributed by atoms with Crippen LogP contribution in [0.15, 0.2) is 12.2 Å². The second kappa shape index (κ2) is 36.5. The van der Waals surface area contributed by atoms with Crippen molar-refractivity contribution in [2.75, 3.05) is 26.4 Å². The van der Waals surface area contributed by atoms with Gasteiger partial charge in [-0.3, -0.25) is 18.6 Å². The summed E-state index contributed by atoms with van der Waals surface area (Å²) in [4.78, 5) is 34.4. The minimum Gasteiger partial charge on any atom is -0.462 e. The summed E-state index contributed by atoms with van der Waals surface area (Å²) in [5, 5.41) is 0. The quantitative estimate of drug-likeness (QED) is 0.0277. The molecule has 0 aromatic carbocycles. The molecular formula is C39H76NO8P. The second-order valence-corrected chi connectivity index (χ2v) is 15.0. The predicted octanol–water partition coefficient (Wildman–Crippen LogP) is 11.1. The number of esters is 2. The van der Waals surface area contributed by atoms with Crippen molar-refractivity contribution in [3.63, 3.8) is 0 Å². The Balaban J connectivity index is 3.92. The number of unbranched alkanes of at least 4 members (excludes halogenated alkanes) is 23. The van der Waals surface area contributed by atoms with Gasteiger partial charge in [-0.2, -0.15) is 0 Å². The molecule has 0 amide bonds. The molecule has 0 bridgehead atoms. The molecule has 0 fully saturated rings. The first kappa shape index (κ1) is 47.8. The van der Waals surface area contributed by atoms with E-state index < -0.39 is 32.5 Å². The predicted molar refractivity (Wildman–Crippen MR) is 201 cm³/mol. The summed E-state index contributed by atoms with van der Waals surface area (Å²) in [5.74, 6) is -0.838. The number of phosphoric acid groups is 1. The minimum atomic E-state index is -4.36. The minimum absolute atomic E-state index is 0.0555. The van der Waals surface area contributed by atoms with E-state index in [-0.39, 0.29) is 32.6 Å². The van der Waals surface area contributed by atoms with Crippen LogP contribution in [0.5, 0.6) is 0 Å². The Morgan fingerprint density at radius 1 is 0.592 bits per heavy atom. The van der Waals surface area contributed by atoms with Gasteiger partial charge in [0.05, 0.1) is 13.2 Å². The van der Waals surface area contributed by atoms with Gasteiger partial charge in [0.1, 0.15) is 6.61 Å². The lowest BCUT2D eigenvalue weighted by Gasteiger charge is -2.19. The Morgan fingerprint density at radius 3 is 1.45 bits per heavy atom. The summed E-state index contributed by atoms with van der Waals surface area (Å²) in [6.45, 7) is 3.64. The molecule has 0 saturated carbocycles. The standard InChI is InChI=1S/C39H76NO8P/c1-3-5-7-9-10-11-12-13-14-15-16-17-18-19-20-21-22-23-24-25-26-28-30-32-39(42)48-37(36-47-49(43,44)46-34-33-40)35-45-38(41)31-29-27-8-6-4-2/h15-16,37H,3-14,17-36,40H2,1-2H3,(H,43,44)/b16-15-. The molecule has 0 rings (SSSR count). The maximum Gasteiger partial charge on any atom is 0.472 e. The molecule has 0 aliphatic rings. The van der Waals surface area contributed by atoms with Gasteiger partial charge >= 0.3 is 19.8 Å². The third kappa shape index (κ3) is 36.3. The van der Waals surface area contributed by atoms with Gasteiger partial charge in [-0.05, 0) is 38.5 Å². The van der Waals surface area contributed by atoms with Gasteiger partial charge in [-0.25, -0.2) is 4.57 Å². The van der Waals surface area contributed by atoms with Crippen LogP contribution in [-0.4, -0.2) is 49.3 Å². The van der Waals surface area contributed by atoms with Crippen LogP contribution in [0, 0.1) is 0 Å². The summed E-state index contributed by atoms with van der Waals surface area (Å²) in [7, 11) is -4.36. The number of carbonyl (C=O) groups is 2. The molecular weight excluding hydrogens is 641 g/mol. The lowest BCUT2D eigenvalue weighted by molar-refractivity contribution is -0.161. The van der Waals surface area contributed by atoms with Gasteiger partial charge in [0, 0.05) is 19.4 Å². The van der Waals surface area contributed by atoms with E-state index >= 15 is 0 Å². The zero-order valence-corrected chi connectivity index (χ0v) is 32.6. The highest BCUT2D eigenvalue weighted by Gasteiger charge is 2.25. The largest absolute Gasteiger partial charge is 0.472 e. The summed E-state index contributed by atoms with van der Waals surface area (Å²) in [6, 6.07) is 0. The molecule has 49 heavy (non-hydrogen) atoms. The van der Waals surface area contributed by atoms with E-state index in [9.17, 15) is 19.0 Å². The lowest BCUT2D eigenvalue weighted by atomic mass is 10.0. The zero-order chi connectivity index (χ0) is 36.1. The number of nitrogens with two attached hydrogens (primary N) is 1. The Kier molecular flexibility index (Phi) is 35.6. The molecule has 0 aromatic heterocycles. The van der Waals surface area contributed by atoms with E-state index in [1.165, 1.54) is 109 Å². The highest BCUT2D eigenvalue weighted by molar-refractivity contribution is 7.47. The first-order chi connectivity index (χ1) is 23.8. The maximum absolute atomic E-state index is 12.5. The van der Waals surface area contributed by atoms with E-state index in [0.29, 0.717) is 6.42 Å². The Hall–Kier alpha value is -1.25. The molecule has 290 valence electrons. The average Bonchev–Trinajstić information content (AvgIpc) is 3.08. The SMILES string of the molecule is CCCCCCCCCC/C=C\CCCCCCCCCCCCCC(=O)OC(COC(=O)CCCCCCC)COP(=O)(O)OCCN. The van der Waals surface area contributed by atoms with Crippen LogP contribution >= 0.6 is 7.82 Å².